The van der Waals surface area contributed by atoms with Crippen LogP contribution in [0.25, 0.3) is 10.9 Å². The van der Waals surface area contributed by atoms with Crippen molar-refractivity contribution >= 4 is 28.7 Å². The molecule has 37 heavy (non-hydrogen) atoms. The van der Waals surface area contributed by atoms with Gasteiger partial charge in [0.05, 0.1) is 31.1 Å². The second-order valence-corrected chi connectivity index (χ2v) is 9.64. The summed E-state index contributed by atoms with van der Waals surface area (Å²) in [6.07, 6.45) is 3.07. The van der Waals surface area contributed by atoms with Crippen LogP contribution < -0.4 is 0 Å². The molecule has 2 aliphatic heterocycles. The van der Waals surface area contributed by atoms with Crippen LogP contribution in [-0.2, 0) is 19.1 Å². The van der Waals surface area contributed by atoms with Gasteiger partial charge in [-0.25, -0.2) is 0 Å². The van der Waals surface area contributed by atoms with Crippen LogP contribution >= 0.6 is 0 Å². The average molecular weight is 504 g/mol. The molecule has 1 saturated heterocycles. The Morgan fingerprint density at radius 3 is 2.51 bits per heavy atom. The fraction of sp³-hybridized carbons (Fsp3) is 0.414. The Labute approximate surface area is 216 Å². The number of fused-ring (bicyclic) bond motifs is 2. The highest BCUT2D eigenvalue weighted by molar-refractivity contribution is 6.02. The van der Waals surface area contributed by atoms with Gasteiger partial charge in [0.1, 0.15) is 0 Å². The number of piperidine rings is 1. The molecule has 8 heteroatoms. The number of rotatable bonds is 7. The molecular formula is C29H33N3O5. The number of aromatic amines is 1. The van der Waals surface area contributed by atoms with Crippen LogP contribution in [0, 0.1) is 5.92 Å². The first-order valence-corrected chi connectivity index (χ1v) is 12.9. The molecule has 0 radical (unpaired) electrons. The number of nitrogens with one attached hydrogen (secondary N) is 1. The summed E-state index contributed by atoms with van der Waals surface area (Å²) in [5.74, 6) is -1.09. The van der Waals surface area contributed by atoms with Crippen LogP contribution in [-0.4, -0.2) is 72.5 Å². The van der Waals surface area contributed by atoms with Gasteiger partial charge in [0.15, 0.2) is 0 Å². The van der Waals surface area contributed by atoms with Crippen LogP contribution in [0.15, 0.2) is 54.7 Å². The molecule has 2 unspecified atom stereocenters. The summed E-state index contributed by atoms with van der Waals surface area (Å²) in [4.78, 5) is 47.3. The fourth-order valence-electron chi connectivity index (χ4n) is 5.77. The maximum Gasteiger partial charge on any atom is 0.309 e. The quantitative estimate of drug-likeness (QED) is 0.494. The summed E-state index contributed by atoms with van der Waals surface area (Å²) in [6.45, 7) is 3.84. The van der Waals surface area contributed by atoms with E-state index in [2.05, 4.69) is 4.98 Å². The number of carbonyl (C=O) groups is 3. The second-order valence-electron chi connectivity index (χ2n) is 9.64. The number of nitrogens with zero attached hydrogens (tertiary/aromatic N) is 2. The zero-order valence-electron chi connectivity index (χ0n) is 21.3. The summed E-state index contributed by atoms with van der Waals surface area (Å²) in [6, 6.07) is 14.9. The molecule has 0 saturated carbocycles. The van der Waals surface area contributed by atoms with Crippen molar-refractivity contribution in [2.75, 3.05) is 40.0 Å². The van der Waals surface area contributed by atoms with Gasteiger partial charge in [-0.05, 0) is 37.5 Å². The molecule has 0 spiro atoms. The molecule has 2 atom stereocenters. The van der Waals surface area contributed by atoms with Gasteiger partial charge in [0, 0.05) is 55.0 Å². The Kier molecular flexibility index (Phi) is 7.28. The van der Waals surface area contributed by atoms with Crippen molar-refractivity contribution in [1.82, 2.24) is 14.8 Å². The third-order valence-corrected chi connectivity index (χ3v) is 7.61. The predicted molar refractivity (Wildman–Crippen MR) is 139 cm³/mol. The number of benzene rings is 2. The lowest BCUT2D eigenvalue weighted by atomic mass is 9.78. The Bertz CT molecular complexity index is 1290. The van der Waals surface area contributed by atoms with Gasteiger partial charge in [-0.3, -0.25) is 14.4 Å². The molecule has 3 aromatic rings. The van der Waals surface area contributed by atoms with E-state index in [-0.39, 0.29) is 23.7 Å². The Morgan fingerprint density at radius 2 is 1.76 bits per heavy atom. The normalized spacial score (nSPS) is 20.2. The second kappa shape index (κ2) is 10.8. The van der Waals surface area contributed by atoms with Gasteiger partial charge in [-0.2, -0.15) is 0 Å². The number of likely N-dealkylation sites (tertiary alicyclic amines) is 1. The van der Waals surface area contributed by atoms with Gasteiger partial charge >= 0.3 is 5.97 Å². The minimum absolute atomic E-state index is 0.0278. The lowest BCUT2D eigenvalue weighted by Crippen LogP contribution is -2.50. The van der Waals surface area contributed by atoms with E-state index in [1.807, 2.05) is 53.6 Å². The summed E-state index contributed by atoms with van der Waals surface area (Å²) in [7, 11) is 1.61. The summed E-state index contributed by atoms with van der Waals surface area (Å²) >= 11 is 0. The van der Waals surface area contributed by atoms with E-state index >= 15 is 0 Å². The van der Waals surface area contributed by atoms with Gasteiger partial charge < -0.3 is 24.3 Å². The Hall–Kier alpha value is -3.65. The van der Waals surface area contributed by atoms with Gasteiger partial charge in [0.25, 0.3) is 5.91 Å². The standard InChI is InChI=1S/C29H33N3O5/c1-3-37-29(35)19-12-14-31(15-13-19)28(34)25-21-9-4-5-10-22(21)27(33)32(16-17-36-2)26(25)23-18-30-24-11-7-6-8-20(23)24/h4-11,18-19,25-26,30H,3,12-17H2,1-2H3. The number of carbonyl (C=O) groups excluding carboxylic acids is 3. The molecular weight excluding hydrogens is 470 g/mol. The van der Waals surface area contributed by atoms with E-state index in [0.717, 1.165) is 22.0 Å². The van der Waals surface area contributed by atoms with Crippen LogP contribution in [0.5, 0.6) is 0 Å². The number of para-hydroxylation sites is 1. The third kappa shape index (κ3) is 4.62. The zero-order valence-corrected chi connectivity index (χ0v) is 21.3. The van der Waals surface area contributed by atoms with E-state index in [4.69, 9.17) is 9.47 Å². The number of H-pyrrole nitrogens is 1. The van der Waals surface area contributed by atoms with Gasteiger partial charge in [-0.15, -0.1) is 0 Å². The molecule has 5 rings (SSSR count). The van der Waals surface area contributed by atoms with Crippen molar-refractivity contribution < 1.29 is 23.9 Å². The number of ether oxygens (including phenoxy) is 2. The summed E-state index contributed by atoms with van der Waals surface area (Å²) in [5, 5.41) is 0.987. The van der Waals surface area contributed by atoms with Crippen LogP contribution in [0.1, 0.15) is 53.2 Å². The molecule has 1 fully saturated rings. The first kappa shape index (κ1) is 25.0. The molecule has 0 bridgehead atoms. The SMILES string of the molecule is CCOC(=O)C1CCN(C(=O)C2c3ccccc3C(=O)N(CCOC)C2c2c[nH]c3ccccc23)CC1. The van der Waals surface area contributed by atoms with E-state index in [0.29, 0.717) is 51.3 Å². The lowest BCUT2D eigenvalue weighted by molar-refractivity contribution is -0.151. The van der Waals surface area contributed by atoms with Crippen molar-refractivity contribution in [2.24, 2.45) is 5.92 Å². The van der Waals surface area contributed by atoms with Crippen LogP contribution in [0.2, 0.25) is 0 Å². The minimum Gasteiger partial charge on any atom is -0.466 e. The van der Waals surface area contributed by atoms with Crippen LogP contribution in [0.4, 0.5) is 0 Å². The first-order valence-electron chi connectivity index (χ1n) is 12.9. The number of hydrogen-bond donors (Lipinski definition) is 1. The minimum atomic E-state index is -0.580. The van der Waals surface area contributed by atoms with E-state index in [9.17, 15) is 14.4 Å². The molecule has 8 nitrogen and oxygen atoms in total. The highest BCUT2D eigenvalue weighted by Gasteiger charge is 2.46. The maximum atomic E-state index is 14.3. The zero-order chi connectivity index (χ0) is 25.9. The predicted octanol–water partition coefficient (Wildman–Crippen LogP) is 3.90. The summed E-state index contributed by atoms with van der Waals surface area (Å²) in [5.41, 5.74) is 3.16. The first-order chi connectivity index (χ1) is 18.0. The van der Waals surface area contributed by atoms with Crippen molar-refractivity contribution in [2.45, 2.75) is 31.7 Å². The van der Waals surface area contributed by atoms with Crippen molar-refractivity contribution in [3.05, 3.63) is 71.4 Å². The van der Waals surface area contributed by atoms with E-state index in [1.165, 1.54) is 0 Å². The molecule has 2 aliphatic rings. The smallest absolute Gasteiger partial charge is 0.309 e. The van der Waals surface area contributed by atoms with Gasteiger partial charge in [-0.1, -0.05) is 36.4 Å². The molecule has 2 amide bonds. The topological polar surface area (TPSA) is 91.9 Å². The summed E-state index contributed by atoms with van der Waals surface area (Å²) < 4.78 is 10.6. The third-order valence-electron chi connectivity index (χ3n) is 7.61. The fourth-order valence-corrected chi connectivity index (χ4v) is 5.77. The monoisotopic (exact) mass is 503 g/mol. The molecule has 1 N–H and O–H groups in total. The Morgan fingerprint density at radius 1 is 1.03 bits per heavy atom. The Balaban J connectivity index is 1.56. The number of methoxy groups -OCH3 is 1. The van der Waals surface area contributed by atoms with Crippen molar-refractivity contribution in [3.63, 3.8) is 0 Å². The van der Waals surface area contributed by atoms with E-state index < -0.39 is 12.0 Å². The van der Waals surface area contributed by atoms with E-state index in [1.54, 1.807) is 25.0 Å². The average Bonchev–Trinajstić information content (AvgIpc) is 3.36. The number of esters is 1. The molecule has 2 aromatic carbocycles. The van der Waals surface area contributed by atoms with Crippen molar-refractivity contribution in [1.29, 1.82) is 0 Å². The molecule has 194 valence electrons. The number of amides is 2. The molecule has 1 aromatic heterocycles. The number of hydrogen-bond acceptors (Lipinski definition) is 5. The largest absolute Gasteiger partial charge is 0.466 e. The van der Waals surface area contributed by atoms with Gasteiger partial charge in [0.2, 0.25) is 5.91 Å². The molecule has 0 aliphatic carbocycles. The van der Waals surface area contributed by atoms with Crippen LogP contribution in [0.3, 0.4) is 0 Å². The maximum absolute atomic E-state index is 14.3. The number of aromatic nitrogens is 1. The van der Waals surface area contributed by atoms with Crippen molar-refractivity contribution in [3.8, 4) is 0 Å². The highest BCUT2D eigenvalue weighted by atomic mass is 16.5. The lowest BCUT2D eigenvalue weighted by Gasteiger charge is -2.44. The highest BCUT2D eigenvalue weighted by Crippen LogP contribution is 2.45. The molecule has 3 heterocycles.